The standard InChI is InChI=1S/C27H26ClFN4O2.C2H6.CH4O/c1-17-6-9-32(10-7-17)25-14-19(5-8-30-25)22-16-20(29)15-21(26(22)34)18-3-4-24(23(28)13-18)33-12-11-31(2)27(33)35;2*1-2/h3-5,8,11-17,34H,6-7,9-10H2,1-2H3;1-2H3;2H,1H3. The summed E-state index contributed by atoms with van der Waals surface area (Å²) in [5.41, 5.74) is 2.21. The SMILES string of the molecule is CC.CC1CCN(c2cc(-c3cc(F)cc(-c4ccc(-n5ccn(C)c5=O)c(Cl)c4)c3O)ccn2)CC1.CO. The number of piperidine rings is 1. The summed E-state index contributed by atoms with van der Waals surface area (Å²) in [5.74, 6) is 0.997. The van der Waals surface area contributed by atoms with Crippen molar-refractivity contribution in [3.05, 3.63) is 82.4 Å². The third-order valence-corrected chi connectivity index (χ3v) is 7.01. The molecule has 2 aromatic heterocycles. The summed E-state index contributed by atoms with van der Waals surface area (Å²) in [5, 5.41) is 18.5. The normalized spacial score (nSPS) is 13.3. The molecule has 0 amide bonds. The maximum atomic E-state index is 14.8. The summed E-state index contributed by atoms with van der Waals surface area (Å²) in [6.45, 7) is 8.10. The summed E-state index contributed by atoms with van der Waals surface area (Å²) in [6.07, 6.45) is 7.17. The topological polar surface area (TPSA) is 83.5 Å². The summed E-state index contributed by atoms with van der Waals surface area (Å²) in [6, 6.07) is 11.3. The number of aliphatic hydroxyl groups excluding tert-OH is 1. The van der Waals surface area contributed by atoms with Gasteiger partial charge in [-0.25, -0.2) is 14.2 Å². The fourth-order valence-corrected chi connectivity index (χ4v) is 4.82. The van der Waals surface area contributed by atoms with E-state index in [1.165, 1.54) is 21.3 Å². The van der Waals surface area contributed by atoms with E-state index < -0.39 is 5.82 Å². The molecular formula is C30H36ClFN4O3. The summed E-state index contributed by atoms with van der Waals surface area (Å²) in [7, 11) is 2.66. The average Bonchev–Trinajstić information content (AvgIpc) is 3.29. The lowest BCUT2D eigenvalue weighted by Crippen LogP contribution is -2.33. The van der Waals surface area contributed by atoms with Crippen molar-refractivity contribution in [2.75, 3.05) is 25.1 Å². The van der Waals surface area contributed by atoms with Crippen LogP contribution in [0.3, 0.4) is 0 Å². The van der Waals surface area contributed by atoms with E-state index in [9.17, 15) is 14.3 Å². The van der Waals surface area contributed by atoms with Crippen molar-refractivity contribution >= 4 is 17.4 Å². The highest BCUT2D eigenvalue weighted by molar-refractivity contribution is 6.32. The Bertz CT molecular complexity index is 1460. The fraction of sp³-hybridized carbons (Fsp3) is 0.333. The van der Waals surface area contributed by atoms with Gasteiger partial charge in [0.25, 0.3) is 0 Å². The van der Waals surface area contributed by atoms with Gasteiger partial charge in [0.05, 0.1) is 10.7 Å². The van der Waals surface area contributed by atoms with E-state index >= 15 is 0 Å². The Morgan fingerprint density at radius 2 is 1.59 bits per heavy atom. The van der Waals surface area contributed by atoms with E-state index in [0.29, 0.717) is 38.9 Å². The predicted molar refractivity (Wildman–Crippen MR) is 156 cm³/mol. The lowest BCUT2D eigenvalue weighted by atomic mass is 9.96. The third-order valence-electron chi connectivity index (χ3n) is 6.70. The molecule has 3 heterocycles. The number of halogens is 2. The number of rotatable bonds is 4. The Morgan fingerprint density at radius 3 is 2.15 bits per heavy atom. The monoisotopic (exact) mass is 554 g/mol. The zero-order valence-corrected chi connectivity index (χ0v) is 23.8. The van der Waals surface area contributed by atoms with Gasteiger partial charge in [-0.15, -0.1) is 0 Å². The minimum atomic E-state index is -0.475. The second kappa shape index (κ2) is 13.4. The first kappa shape index (κ1) is 29.9. The molecule has 2 aromatic carbocycles. The maximum absolute atomic E-state index is 14.8. The van der Waals surface area contributed by atoms with E-state index in [1.54, 1.807) is 49.9 Å². The van der Waals surface area contributed by atoms with Gasteiger partial charge in [-0.2, -0.15) is 0 Å². The molecule has 0 radical (unpaired) electrons. The fourth-order valence-electron chi connectivity index (χ4n) is 4.55. The van der Waals surface area contributed by atoms with Crippen molar-refractivity contribution in [3.8, 4) is 33.7 Å². The van der Waals surface area contributed by atoms with Gasteiger partial charge < -0.3 is 19.7 Å². The van der Waals surface area contributed by atoms with Crippen LogP contribution in [0, 0.1) is 11.7 Å². The van der Waals surface area contributed by atoms with Crippen molar-refractivity contribution in [1.82, 2.24) is 14.1 Å². The minimum Gasteiger partial charge on any atom is -0.507 e. The second-order valence-electron chi connectivity index (χ2n) is 9.15. The molecule has 1 fully saturated rings. The van der Waals surface area contributed by atoms with Gasteiger partial charge in [0.15, 0.2) is 0 Å². The van der Waals surface area contributed by atoms with Crippen LogP contribution in [-0.2, 0) is 7.05 Å². The van der Waals surface area contributed by atoms with Crippen LogP contribution in [0.2, 0.25) is 5.02 Å². The van der Waals surface area contributed by atoms with Gasteiger partial charge in [-0.1, -0.05) is 38.4 Å². The summed E-state index contributed by atoms with van der Waals surface area (Å²) >= 11 is 6.50. The number of aromatic nitrogens is 3. The molecule has 0 bridgehead atoms. The number of phenols is 1. The molecule has 1 aliphatic rings. The number of aliphatic hydroxyl groups is 1. The highest BCUT2D eigenvalue weighted by Crippen LogP contribution is 2.41. The lowest BCUT2D eigenvalue weighted by Gasteiger charge is -2.31. The first-order valence-corrected chi connectivity index (χ1v) is 13.4. The molecule has 0 aliphatic carbocycles. The molecule has 0 spiro atoms. The van der Waals surface area contributed by atoms with Crippen LogP contribution in [0.5, 0.6) is 5.75 Å². The summed E-state index contributed by atoms with van der Waals surface area (Å²) < 4.78 is 17.6. The van der Waals surface area contributed by atoms with Gasteiger partial charge in [0.1, 0.15) is 17.4 Å². The van der Waals surface area contributed by atoms with Gasteiger partial charge in [0.2, 0.25) is 0 Å². The molecule has 7 nitrogen and oxygen atoms in total. The number of hydrogen-bond acceptors (Lipinski definition) is 5. The summed E-state index contributed by atoms with van der Waals surface area (Å²) in [4.78, 5) is 19.0. The van der Waals surface area contributed by atoms with Crippen LogP contribution < -0.4 is 10.6 Å². The molecule has 1 aliphatic heterocycles. The Kier molecular flexibility index (Phi) is 10.3. The highest BCUT2D eigenvalue weighted by Gasteiger charge is 2.20. The molecular weight excluding hydrogens is 519 g/mol. The minimum absolute atomic E-state index is 0.0449. The Balaban J connectivity index is 0.00000100. The first-order chi connectivity index (χ1) is 18.8. The Labute approximate surface area is 233 Å². The molecule has 0 atom stereocenters. The van der Waals surface area contributed by atoms with E-state index in [0.717, 1.165) is 38.9 Å². The average molecular weight is 555 g/mol. The molecule has 2 N–H and O–H groups in total. The molecule has 4 aromatic rings. The number of nitrogens with zero attached hydrogens (tertiary/aromatic N) is 4. The van der Waals surface area contributed by atoms with Gasteiger partial charge in [0, 0.05) is 57.0 Å². The number of aryl methyl sites for hydroxylation is 1. The van der Waals surface area contributed by atoms with E-state index in [2.05, 4.69) is 16.8 Å². The largest absolute Gasteiger partial charge is 0.507 e. The zero-order chi connectivity index (χ0) is 28.7. The van der Waals surface area contributed by atoms with Crippen molar-refractivity contribution in [2.45, 2.75) is 33.6 Å². The lowest BCUT2D eigenvalue weighted by molar-refractivity contribution is 0.399. The van der Waals surface area contributed by atoms with E-state index in [1.807, 2.05) is 19.9 Å². The second-order valence-corrected chi connectivity index (χ2v) is 9.56. The maximum Gasteiger partial charge on any atom is 0.332 e. The van der Waals surface area contributed by atoms with Crippen molar-refractivity contribution in [1.29, 1.82) is 0 Å². The van der Waals surface area contributed by atoms with Crippen molar-refractivity contribution in [2.24, 2.45) is 13.0 Å². The van der Waals surface area contributed by atoms with E-state index in [4.69, 9.17) is 16.7 Å². The number of phenolic OH excluding ortho intramolecular Hbond substituents is 1. The van der Waals surface area contributed by atoms with Gasteiger partial charge in [-0.3, -0.25) is 4.57 Å². The van der Waals surface area contributed by atoms with Crippen molar-refractivity contribution < 1.29 is 14.6 Å². The molecule has 208 valence electrons. The molecule has 9 heteroatoms. The molecule has 5 rings (SSSR count). The molecule has 0 saturated carbocycles. The highest BCUT2D eigenvalue weighted by atomic mass is 35.5. The van der Waals surface area contributed by atoms with Crippen LogP contribution in [0.1, 0.15) is 33.6 Å². The Morgan fingerprint density at radius 1 is 0.974 bits per heavy atom. The quantitative estimate of drug-likeness (QED) is 0.310. The smallest absolute Gasteiger partial charge is 0.332 e. The number of hydrogen-bond donors (Lipinski definition) is 2. The van der Waals surface area contributed by atoms with Crippen LogP contribution in [0.15, 0.2) is 65.8 Å². The number of anilines is 1. The van der Waals surface area contributed by atoms with Crippen LogP contribution in [0.4, 0.5) is 10.2 Å². The van der Waals surface area contributed by atoms with Crippen molar-refractivity contribution in [3.63, 3.8) is 0 Å². The first-order valence-electron chi connectivity index (χ1n) is 13.0. The Hall–Kier alpha value is -3.62. The third kappa shape index (κ3) is 6.52. The van der Waals surface area contributed by atoms with Crippen LogP contribution in [-0.4, -0.2) is 44.5 Å². The van der Waals surface area contributed by atoms with E-state index in [-0.39, 0.29) is 11.4 Å². The number of pyridine rings is 1. The zero-order valence-electron chi connectivity index (χ0n) is 23.0. The molecule has 1 saturated heterocycles. The van der Waals surface area contributed by atoms with Crippen LogP contribution >= 0.6 is 11.6 Å². The van der Waals surface area contributed by atoms with Gasteiger partial charge in [-0.05, 0) is 66.3 Å². The van der Waals surface area contributed by atoms with Crippen LogP contribution in [0.25, 0.3) is 27.9 Å². The number of aromatic hydroxyl groups is 1. The molecule has 0 unspecified atom stereocenters. The number of benzene rings is 2. The number of imidazole rings is 1. The molecule has 39 heavy (non-hydrogen) atoms. The van der Waals surface area contributed by atoms with Gasteiger partial charge >= 0.3 is 5.69 Å². The predicted octanol–water partition coefficient (Wildman–Crippen LogP) is 6.27.